The number of esters is 3. The third-order valence-corrected chi connectivity index (χ3v) is 5.12. The lowest BCUT2D eigenvalue weighted by Gasteiger charge is -2.30. The van der Waals surface area contributed by atoms with E-state index in [1.54, 1.807) is 19.9 Å². The summed E-state index contributed by atoms with van der Waals surface area (Å²) < 4.78 is 16.0. The number of fused-ring (bicyclic) bond motifs is 1. The van der Waals surface area contributed by atoms with Crippen molar-refractivity contribution in [1.82, 2.24) is 0 Å². The molecule has 1 unspecified atom stereocenters. The first-order valence-corrected chi connectivity index (χ1v) is 9.26. The van der Waals surface area contributed by atoms with Gasteiger partial charge in [-0.05, 0) is 25.2 Å². The molecule has 150 valence electrons. The fourth-order valence-corrected chi connectivity index (χ4v) is 3.54. The van der Waals surface area contributed by atoms with Gasteiger partial charge in [-0.3, -0.25) is 4.79 Å². The van der Waals surface area contributed by atoms with Gasteiger partial charge < -0.3 is 19.3 Å². The van der Waals surface area contributed by atoms with Crippen LogP contribution in [0, 0.1) is 17.8 Å². The monoisotopic (exact) mass is 380 g/mol. The van der Waals surface area contributed by atoms with Crippen molar-refractivity contribution in [1.29, 1.82) is 0 Å². The second-order valence-electron chi connectivity index (χ2n) is 7.41. The Morgan fingerprint density at radius 1 is 1.41 bits per heavy atom. The van der Waals surface area contributed by atoms with Crippen molar-refractivity contribution in [2.75, 3.05) is 13.7 Å². The SMILES string of the molecule is C=C1C(=O)O[C@@H]2CC(CO)CC/C=C(/C(=O)OC)C[C@@H](OC(=O)C(C)C)[C@H]12. The molecule has 27 heavy (non-hydrogen) atoms. The lowest BCUT2D eigenvalue weighted by atomic mass is 9.81. The van der Waals surface area contributed by atoms with E-state index < -0.39 is 36.0 Å². The van der Waals surface area contributed by atoms with Crippen LogP contribution in [0.5, 0.6) is 0 Å². The van der Waals surface area contributed by atoms with Crippen LogP contribution in [-0.2, 0) is 28.6 Å². The Kier molecular flexibility index (Phi) is 7.18. The summed E-state index contributed by atoms with van der Waals surface area (Å²) in [5, 5.41) is 9.67. The Balaban J connectivity index is 2.42. The van der Waals surface area contributed by atoms with Crippen molar-refractivity contribution < 1.29 is 33.7 Å². The van der Waals surface area contributed by atoms with E-state index in [-0.39, 0.29) is 30.4 Å². The van der Waals surface area contributed by atoms with E-state index in [0.29, 0.717) is 24.8 Å². The molecule has 7 heteroatoms. The number of methoxy groups -OCH3 is 1. The summed E-state index contributed by atoms with van der Waals surface area (Å²) in [6.45, 7) is 7.19. The van der Waals surface area contributed by atoms with Gasteiger partial charge in [0.15, 0.2) is 0 Å². The van der Waals surface area contributed by atoms with Crippen molar-refractivity contribution in [3.8, 4) is 0 Å². The summed E-state index contributed by atoms with van der Waals surface area (Å²) in [5.41, 5.74) is 0.603. The minimum absolute atomic E-state index is 0.0644. The van der Waals surface area contributed by atoms with Crippen LogP contribution in [0.1, 0.15) is 39.5 Å². The highest BCUT2D eigenvalue weighted by Gasteiger charge is 2.46. The molecule has 2 rings (SSSR count). The van der Waals surface area contributed by atoms with E-state index in [2.05, 4.69) is 6.58 Å². The van der Waals surface area contributed by atoms with E-state index >= 15 is 0 Å². The average molecular weight is 380 g/mol. The van der Waals surface area contributed by atoms with Crippen LogP contribution in [0.25, 0.3) is 0 Å². The van der Waals surface area contributed by atoms with Crippen LogP contribution in [0.2, 0.25) is 0 Å². The van der Waals surface area contributed by atoms with E-state index in [1.165, 1.54) is 7.11 Å². The van der Waals surface area contributed by atoms with Gasteiger partial charge in [-0.2, -0.15) is 0 Å². The maximum Gasteiger partial charge on any atom is 0.334 e. The molecule has 0 aromatic rings. The molecule has 1 saturated heterocycles. The summed E-state index contributed by atoms with van der Waals surface area (Å²) in [5.74, 6) is -2.50. The number of rotatable bonds is 4. The van der Waals surface area contributed by atoms with E-state index in [9.17, 15) is 19.5 Å². The summed E-state index contributed by atoms with van der Waals surface area (Å²) in [6, 6.07) is 0. The number of ether oxygens (including phenoxy) is 3. The largest absolute Gasteiger partial charge is 0.466 e. The molecule has 0 aromatic heterocycles. The summed E-state index contributed by atoms with van der Waals surface area (Å²) in [7, 11) is 1.29. The van der Waals surface area contributed by atoms with E-state index in [4.69, 9.17) is 14.2 Å². The predicted octanol–water partition coefficient (Wildman–Crippen LogP) is 1.93. The molecular formula is C20H28O7. The highest BCUT2D eigenvalue weighted by molar-refractivity contribution is 5.91. The summed E-state index contributed by atoms with van der Waals surface area (Å²) >= 11 is 0. The third kappa shape index (κ3) is 4.97. The highest BCUT2D eigenvalue weighted by Crippen LogP contribution is 2.38. The number of allylic oxidation sites excluding steroid dienone is 1. The molecule has 0 spiro atoms. The second-order valence-corrected chi connectivity index (χ2v) is 7.41. The second kappa shape index (κ2) is 9.17. The highest BCUT2D eigenvalue weighted by atomic mass is 16.6. The fourth-order valence-electron chi connectivity index (χ4n) is 3.54. The van der Waals surface area contributed by atoms with Gasteiger partial charge in [-0.25, -0.2) is 9.59 Å². The van der Waals surface area contributed by atoms with E-state index in [0.717, 1.165) is 0 Å². The topological polar surface area (TPSA) is 99.1 Å². The van der Waals surface area contributed by atoms with Gasteiger partial charge in [-0.1, -0.05) is 26.5 Å². The number of aliphatic hydroxyl groups excluding tert-OH is 1. The van der Waals surface area contributed by atoms with Gasteiger partial charge in [0.05, 0.1) is 18.9 Å². The van der Waals surface area contributed by atoms with Crippen LogP contribution < -0.4 is 0 Å². The van der Waals surface area contributed by atoms with Crippen LogP contribution in [-0.4, -0.2) is 48.9 Å². The smallest absolute Gasteiger partial charge is 0.334 e. The lowest BCUT2D eigenvalue weighted by molar-refractivity contribution is -0.157. The zero-order valence-electron chi connectivity index (χ0n) is 16.1. The average Bonchev–Trinajstić information content (AvgIpc) is 2.91. The number of carbonyl (C=O) groups is 3. The molecule has 7 nitrogen and oxygen atoms in total. The van der Waals surface area contributed by atoms with Gasteiger partial charge in [-0.15, -0.1) is 0 Å². The molecule has 1 N–H and O–H groups in total. The normalized spacial score (nSPS) is 30.8. The zero-order chi connectivity index (χ0) is 20.1. The van der Waals surface area contributed by atoms with Gasteiger partial charge >= 0.3 is 17.9 Å². The molecule has 0 radical (unpaired) electrons. The van der Waals surface area contributed by atoms with Crippen molar-refractivity contribution in [3.63, 3.8) is 0 Å². The Morgan fingerprint density at radius 3 is 2.70 bits per heavy atom. The molecule has 1 heterocycles. The third-order valence-electron chi connectivity index (χ3n) is 5.12. The Morgan fingerprint density at radius 2 is 2.11 bits per heavy atom. The molecule has 0 aromatic carbocycles. The molecule has 1 aliphatic heterocycles. The quantitative estimate of drug-likeness (QED) is 0.452. The maximum atomic E-state index is 12.3. The van der Waals surface area contributed by atoms with Gasteiger partial charge in [0.25, 0.3) is 0 Å². The Hall–Kier alpha value is -2.15. The maximum absolute atomic E-state index is 12.3. The molecule has 4 atom stereocenters. The molecule has 1 aliphatic carbocycles. The number of aliphatic hydroxyl groups is 1. The van der Waals surface area contributed by atoms with Crippen LogP contribution >= 0.6 is 0 Å². The molecule has 0 amide bonds. The number of hydrogen-bond acceptors (Lipinski definition) is 7. The lowest BCUT2D eigenvalue weighted by Crippen LogP contribution is -2.37. The van der Waals surface area contributed by atoms with E-state index in [1.807, 2.05) is 0 Å². The van der Waals surface area contributed by atoms with Gasteiger partial charge in [0.2, 0.25) is 0 Å². The number of carbonyl (C=O) groups excluding carboxylic acids is 3. The predicted molar refractivity (Wildman–Crippen MR) is 96.4 cm³/mol. The minimum atomic E-state index is -0.772. The zero-order valence-corrected chi connectivity index (χ0v) is 16.1. The molecule has 0 bridgehead atoms. The first kappa shape index (κ1) is 21.2. The van der Waals surface area contributed by atoms with Crippen molar-refractivity contribution in [2.45, 2.75) is 51.7 Å². The van der Waals surface area contributed by atoms with Crippen LogP contribution in [0.15, 0.2) is 23.8 Å². The van der Waals surface area contributed by atoms with Crippen molar-refractivity contribution >= 4 is 17.9 Å². The van der Waals surface area contributed by atoms with Gasteiger partial charge in [0.1, 0.15) is 12.2 Å². The molecule has 0 saturated carbocycles. The minimum Gasteiger partial charge on any atom is -0.466 e. The molecule has 2 aliphatic rings. The Labute approximate surface area is 159 Å². The van der Waals surface area contributed by atoms with Crippen LogP contribution in [0.3, 0.4) is 0 Å². The first-order valence-electron chi connectivity index (χ1n) is 9.26. The summed E-state index contributed by atoms with van der Waals surface area (Å²) in [4.78, 5) is 36.6. The molecule has 1 fully saturated rings. The Bertz CT molecular complexity index is 634. The molecular weight excluding hydrogens is 352 g/mol. The van der Waals surface area contributed by atoms with Crippen molar-refractivity contribution in [2.24, 2.45) is 17.8 Å². The first-order chi connectivity index (χ1) is 12.8. The summed E-state index contributed by atoms with van der Waals surface area (Å²) in [6.07, 6.45) is 2.20. The standard InChI is InChI=1S/C20H28O7/c1-11(2)18(22)26-16-9-14(20(24)25-4)7-5-6-13(10-21)8-15-17(16)12(3)19(23)27-15/h7,11,13,15-17,21H,3,5-6,8-10H2,1-2,4H3/b14-7+/t13?,15-,16-,17-/m1/s1. The van der Waals surface area contributed by atoms with Crippen molar-refractivity contribution in [3.05, 3.63) is 23.8 Å². The van der Waals surface area contributed by atoms with Crippen LogP contribution in [0.4, 0.5) is 0 Å². The number of hydrogen-bond donors (Lipinski definition) is 1. The fraction of sp³-hybridized carbons (Fsp3) is 0.650. The van der Waals surface area contributed by atoms with Gasteiger partial charge in [0, 0.05) is 24.2 Å².